The van der Waals surface area contributed by atoms with Gasteiger partial charge in [0, 0.05) is 13.2 Å². The van der Waals surface area contributed by atoms with E-state index >= 15 is 0 Å². The number of nitriles is 1. The summed E-state index contributed by atoms with van der Waals surface area (Å²) in [6.45, 7) is 5.87. The lowest BCUT2D eigenvalue weighted by Crippen LogP contribution is -2.08. The first-order valence-electron chi connectivity index (χ1n) is 4.47. The summed E-state index contributed by atoms with van der Waals surface area (Å²) in [6.07, 6.45) is 0. The average Bonchev–Trinajstić information content (AvgIpc) is 2.54. The van der Waals surface area contributed by atoms with Crippen LogP contribution >= 0.6 is 11.5 Å². The normalized spacial score (nSPS) is 9.79. The van der Waals surface area contributed by atoms with Gasteiger partial charge in [0.1, 0.15) is 16.6 Å². The predicted octanol–water partition coefficient (Wildman–Crippen LogP) is 1.77. The summed E-state index contributed by atoms with van der Waals surface area (Å²) in [7, 11) is 0. The molecule has 1 N–H and O–H groups in total. The summed E-state index contributed by atoms with van der Waals surface area (Å²) >= 11 is 1.32. The van der Waals surface area contributed by atoms with E-state index in [0.717, 1.165) is 10.7 Å². The largest absolute Gasteiger partial charge is 0.380 e. The predicted molar refractivity (Wildman–Crippen MR) is 56.5 cm³/mol. The lowest BCUT2D eigenvalue weighted by Gasteiger charge is -2.03. The first-order valence-corrected chi connectivity index (χ1v) is 5.25. The molecule has 0 aliphatic heterocycles. The fourth-order valence-electron chi connectivity index (χ4n) is 1.00. The minimum Gasteiger partial charge on any atom is -0.380 e. The fourth-order valence-corrected chi connectivity index (χ4v) is 1.77. The highest BCUT2D eigenvalue weighted by atomic mass is 32.1. The molecule has 0 radical (unpaired) electrons. The van der Waals surface area contributed by atoms with E-state index in [1.54, 1.807) is 0 Å². The summed E-state index contributed by atoms with van der Waals surface area (Å²) in [5, 5.41) is 12.8. The van der Waals surface area contributed by atoms with E-state index in [2.05, 4.69) is 15.8 Å². The Morgan fingerprint density at radius 2 is 2.43 bits per heavy atom. The zero-order valence-electron chi connectivity index (χ0n) is 8.33. The van der Waals surface area contributed by atoms with Crippen LogP contribution in [0.25, 0.3) is 0 Å². The first kappa shape index (κ1) is 11.0. The Labute approximate surface area is 87.7 Å². The van der Waals surface area contributed by atoms with Crippen molar-refractivity contribution in [3.63, 3.8) is 0 Å². The van der Waals surface area contributed by atoms with Crippen LogP contribution in [0.15, 0.2) is 0 Å². The highest BCUT2D eigenvalue weighted by Crippen LogP contribution is 2.22. The zero-order valence-corrected chi connectivity index (χ0v) is 9.15. The molecular formula is C9H13N3OS. The van der Waals surface area contributed by atoms with Crippen molar-refractivity contribution in [1.29, 1.82) is 5.26 Å². The number of anilines is 1. The minimum atomic E-state index is 0.645. The van der Waals surface area contributed by atoms with Gasteiger partial charge in [0.05, 0.1) is 12.3 Å². The molecule has 0 bridgehead atoms. The van der Waals surface area contributed by atoms with Gasteiger partial charge in [-0.05, 0) is 25.4 Å². The lowest BCUT2D eigenvalue weighted by molar-refractivity contribution is 0.158. The van der Waals surface area contributed by atoms with Crippen molar-refractivity contribution in [1.82, 2.24) is 4.37 Å². The molecule has 0 amide bonds. The van der Waals surface area contributed by atoms with Crippen molar-refractivity contribution in [2.75, 3.05) is 25.1 Å². The monoisotopic (exact) mass is 211 g/mol. The zero-order chi connectivity index (χ0) is 10.4. The molecule has 0 fully saturated rings. The minimum absolute atomic E-state index is 0.645. The number of ether oxygens (including phenoxy) is 1. The third-order valence-corrected chi connectivity index (χ3v) is 2.61. The number of hydrogen-bond acceptors (Lipinski definition) is 5. The Morgan fingerprint density at radius 3 is 3.07 bits per heavy atom. The van der Waals surface area contributed by atoms with Crippen LogP contribution < -0.4 is 5.32 Å². The molecule has 4 nitrogen and oxygen atoms in total. The van der Waals surface area contributed by atoms with Gasteiger partial charge in [-0.1, -0.05) is 0 Å². The number of hydrogen-bond donors (Lipinski definition) is 1. The van der Waals surface area contributed by atoms with Gasteiger partial charge in [-0.15, -0.1) is 0 Å². The topological polar surface area (TPSA) is 57.9 Å². The van der Waals surface area contributed by atoms with E-state index < -0.39 is 0 Å². The molecule has 0 spiro atoms. The smallest absolute Gasteiger partial charge is 0.127 e. The van der Waals surface area contributed by atoms with Crippen molar-refractivity contribution in [2.24, 2.45) is 0 Å². The maximum absolute atomic E-state index is 8.84. The van der Waals surface area contributed by atoms with Gasteiger partial charge in [-0.3, -0.25) is 0 Å². The van der Waals surface area contributed by atoms with Gasteiger partial charge in [0.2, 0.25) is 0 Å². The molecule has 1 aromatic heterocycles. The average molecular weight is 211 g/mol. The van der Waals surface area contributed by atoms with Gasteiger partial charge in [-0.25, -0.2) is 0 Å². The molecule has 76 valence electrons. The van der Waals surface area contributed by atoms with E-state index in [9.17, 15) is 0 Å². The first-order chi connectivity index (χ1) is 6.79. The van der Waals surface area contributed by atoms with Gasteiger partial charge in [0.15, 0.2) is 0 Å². The molecule has 0 aliphatic carbocycles. The van der Waals surface area contributed by atoms with E-state index in [4.69, 9.17) is 10.00 Å². The van der Waals surface area contributed by atoms with Crippen LogP contribution in [0, 0.1) is 18.3 Å². The Kier molecular flexibility index (Phi) is 4.36. The van der Waals surface area contributed by atoms with Crippen molar-refractivity contribution < 1.29 is 4.74 Å². The number of aromatic nitrogens is 1. The van der Waals surface area contributed by atoms with Crippen LogP contribution in [-0.2, 0) is 4.74 Å². The molecule has 0 unspecified atom stereocenters. The summed E-state index contributed by atoms with van der Waals surface area (Å²) in [5.74, 6) is 0. The second-order valence-electron chi connectivity index (χ2n) is 2.71. The quantitative estimate of drug-likeness (QED) is 0.754. The molecule has 1 aromatic rings. The van der Waals surface area contributed by atoms with Crippen molar-refractivity contribution >= 4 is 16.5 Å². The van der Waals surface area contributed by atoms with Crippen LogP contribution in [-0.4, -0.2) is 24.1 Å². The van der Waals surface area contributed by atoms with Crippen molar-refractivity contribution in [3.05, 3.63) is 11.3 Å². The van der Waals surface area contributed by atoms with Gasteiger partial charge < -0.3 is 10.1 Å². The second kappa shape index (κ2) is 5.58. The van der Waals surface area contributed by atoms with Crippen LogP contribution in [0.5, 0.6) is 0 Å². The Morgan fingerprint density at radius 1 is 1.64 bits per heavy atom. The molecule has 0 saturated heterocycles. The molecule has 0 aromatic carbocycles. The lowest BCUT2D eigenvalue weighted by atomic mass is 10.3. The van der Waals surface area contributed by atoms with Gasteiger partial charge in [0.25, 0.3) is 0 Å². The molecule has 0 atom stereocenters. The molecule has 0 aliphatic rings. The van der Waals surface area contributed by atoms with Crippen LogP contribution in [0.2, 0.25) is 0 Å². The summed E-state index contributed by atoms with van der Waals surface area (Å²) in [6, 6.07) is 2.13. The Balaban J connectivity index is 2.47. The molecule has 1 rings (SSSR count). The summed E-state index contributed by atoms with van der Waals surface area (Å²) < 4.78 is 9.28. The van der Waals surface area contributed by atoms with Crippen LogP contribution in [0.4, 0.5) is 5.00 Å². The second-order valence-corrected chi connectivity index (χ2v) is 3.48. The number of rotatable bonds is 5. The molecule has 5 heteroatoms. The highest BCUT2D eigenvalue weighted by Gasteiger charge is 2.08. The number of aryl methyl sites for hydroxylation is 1. The maximum atomic E-state index is 8.84. The van der Waals surface area contributed by atoms with E-state index in [0.29, 0.717) is 25.3 Å². The van der Waals surface area contributed by atoms with E-state index in [1.165, 1.54) is 11.5 Å². The highest BCUT2D eigenvalue weighted by molar-refractivity contribution is 7.10. The Hall–Kier alpha value is -1.12. The molecule has 14 heavy (non-hydrogen) atoms. The Bertz CT molecular complexity index is 329. The van der Waals surface area contributed by atoms with Gasteiger partial charge in [-0.2, -0.15) is 9.64 Å². The fraction of sp³-hybridized carbons (Fsp3) is 0.556. The maximum Gasteiger partial charge on any atom is 0.127 e. The summed E-state index contributed by atoms with van der Waals surface area (Å²) in [5.41, 5.74) is 1.43. The number of nitrogens with zero attached hydrogens (tertiary/aromatic N) is 2. The molecule has 0 saturated carbocycles. The molecular weight excluding hydrogens is 198 g/mol. The van der Waals surface area contributed by atoms with Crippen molar-refractivity contribution in [2.45, 2.75) is 13.8 Å². The van der Waals surface area contributed by atoms with Crippen LogP contribution in [0.3, 0.4) is 0 Å². The number of nitrogens with one attached hydrogen (secondary N) is 1. The van der Waals surface area contributed by atoms with Gasteiger partial charge >= 0.3 is 0 Å². The SMILES string of the molecule is CCOCCNc1snc(C)c1C#N. The summed E-state index contributed by atoms with van der Waals surface area (Å²) in [4.78, 5) is 0. The standard InChI is InChI=1S/C9H13N3OS/c1-3-13-5-4-11-9-8(6-10)7(2)12-14-9/h11H,3-5H2,1-2H3. The third kappa shape index (κ3) is 2.69. The van der Waals surface area contributed by atoms with E-state index in [1.807, 2.05) is 13.8 Å². The van der Waals surface area contributed by atoms with Crippen LogP contribution in [0.1, 0.15) is 18.2 Å². The molecule has 1 heterocycles. The van der Waals surface area contributed by atoms with Crippen molar-refractivity contribution in [3.8, 4) is 6.07 Å². The van der Waals surface area contributed by atoms with E-state index in [-0.39, 0.29) is 0 Å². The third-order valence-electron chi connectivity index (χ3n) is 1.71.